The Balaban J connectivity index is 2.09. The average molecular weight is 235 g/mol. The van der Waals surface area contributed by atoms with Crippen LogP contribution < -0.4 is 5.73 Å². The van der Waals surface area contributed by atoms with Crippen molar-refractivity contribution in [1.82, 2.24) is 9.88 Å². The molecule has 1 saturated heterocycles. The number of hydrogen-bond donors (Lipinski definition) is 1. The van der Waals surface area contributed by atoms with Crippen molar-refractivity contribution in [2.24, 2.45) is 5.73 Å². The lowest BCUT2D eigenvalue weighted by Crippen LogP contribution is -2.48. The van der Waals surface area contributed by atoms with Crippen molar-refractivity contribution in [2.75, 3.05) is 26.2 Å². The fourth-order valence-electron chi connectivity index (χ4n) is 1.87. The summed E-state index contributed by atoms with van der Waals surface area (Å²) < 4.78 is 5.43. The van der Waals surface area contributed by atoms with Gasteiger partial charge in [-0.3, -0.25) is 4.79 Å². The van der Waals surface area contributed by atoms with E-state index >= 15 is 0 Å². The summed E-state index contributed by atoms with van der Waals surface area (Å²) in [6, 6.07) is 5.46. The number of nitrogens with zero attached hydrogens (tertiary/aromatic N) is 2. The van der Waals surface area contributed by atoms with Crippen LogP contribution in [0.4, 0.5) is 0 Å². The first-order valence-corrected chi connectivity index (χ1v) is 5.75. The van der Waals surface area contributed by atoms with Gasteiger partial charge < -0.3 is 15.4 Å². The Morgan fingerprint density at radius 2 is 2.47 bits per heavy atom. The Labute approximate surface area is 101 Å². The van der Waals surface area contributed by atoms with Crippen LogP contribution in [0.1, 0.15) is 16.2 Å². The zero-order chi connectivity index (χ0) is 12.3. The van der Waals surface area contributed by atoms with Crippen LogP contribution in [0.25, 0.3) is 0 Å². The largest absolute Gasteiger partial charge is 0.373 e. The number of ether oxygens (including phenoxy) is 1. The van der Waals surface area contributed by atoms with E-state index in [4.69, 9.17) is 10.5 Å². The Morgan fingerprint density at radius 3 is 3.18 bits per heavy atom. The summed E-state index contributed by atoms with van der Waals surface area (Å²) in [6.07, 6.45) is -0.0579. The summed E-state index contributed by atoms with van der Waals surface area (Å²) in [6.45, 7) is 4.00. The predicted molar refractivity (Wildman–Crippen MR) is 63.7 cm³/mol. The van der Waals surface area contributed by atoms with Crippen LogP contribution in [0.3, 0.4) is 0 Å². The minimum atomic E-state index is -0.0579. The molecular weight excluding hydrogens is 218 g/mol. The molecule has 1 aliphatic heterocycles. The predicted octanol–water partition coefficient (Wildman–Crippen LogP) is 0.190. The summed E-state index contributed by atoms with van der Waals surface area (Å²) in [7, 11) is 0. The van der Waals surface area contributed by atoms with Crippen LogP contribution in [-0.2, 0) is 4.74 Å². The van der Waals surface area contributed by atoms with Gasteiger partial charge in [0, 0.05) is 25.3 Å². The summed E-state index contributed by atoms with van der Waals surface area (Å²) in [5, 5.41) is 0. The molecule has 17 heavy (non-hydrogen) atoms. The minimum Gasteiger partial charge on any atom is -0.373 e. The number of carbonyl (C=O) groups excluding carboxylic acids is 1. The molecule has 5 nitrogen and oxygen atoms in total. The molecule has 0 aromatic carbocycles. The van der Waals surface area contributed by atoms with Crippen LogP contribution >= 0.6 is 0 Å². The van der Waals surface area contributed by atoms with Crippen LogP contribution in [0.15, 0.2) is 18.2 Å². The lowest BCUT2D eigenvalue weighted by molar-refractivity contribution is -0.0169. The van der Waals surface area contributed by atoms with Gasteiger partial charge in [0.1, 0.15) is 5.69 Å². The van der Waals surface area contributed by atoms with E-state index in [9.17, 15) is 4.79 Å². The summed E-state index contributed by atoms with van der Waals surface area (Å²) in [4.78, 5) is 18.2. The molecular formula is C12H17N3O2. The number of rotatable bonds is 2. The molecule has 0 spiro atoms. The third-order valence-electron chi connectivity index (χ3n) is 2.80. The summed E-state index contributed by atoms with van der Waals surface area (Å²) >= 11 is 0. The number of pyridine rings is 1. The number of nitrogens with two attached hydrogens (primary N) is 1. The van der Waals surface area contributed by atoms with Crippen LogP contribution in [0.2, 0.25) is 0 Å². The summed E-state index contributed by atoms with van der Waals surface area (Å²) in [5.41, 5.74) is 6.89. The van der Waals surface area contributed by atoms with Gasteiger partial charge in [-0.2, -0.15) is 0 Å². The van der Waals surface area contributed by atoms with Gasteiger partial charge in [0.2, 0.25) is 0 Å². The molecule has 1 aromatic rings. The second kappa shape index (κ2) is 5.25. The smallest absolute Gasteiger partial charge is 0.272 e. The number of carbonyl (C=O) groups is 1. The van der Waals surface area contributed by atoms with E-state index in [1.165, 1.54) is 0 Å². The first-order chi connectivity index (χ1) is 8.20. The van der Waals surface area contributed by atoms with Gasteiger partial charge in [-0.25, -0.2) is 4.98 Å². The van der Waals surface area contributed by atoms with Gasteiger partial charge in [0.25, 0.3) is 5.91 Å². The highest BCUT2D eigenvalue weighted by Crippen LogP contribution is 2.09. The van der Waals surface area contributed by atoms with Crippen molar-refractivity contribution in [3.8, 4) is 0 Å². The molecule has 0 saturated carbocycles. The monoisotopic (exact) mass is 235 g/mol. The van der Waals surface area contributed by atoms with Crippen molar-refractivity contribution >= 4 is 5.91 Å². The SMILES string of the molecule is Cc1cccc(C(=O)N2CCO[C@@H](CN)C2)n1. The van der Waals surface area contributed by atoms with E-state index in [0.717, 1.165) is 5.69 Å². The molecule has 0 unspecified atom stereocenters. The zero-order valence-corrected chi connectivity index (χ0v) is 9.93. The molecule has 2 N–H and O–H groups in total. The average Bonchev–Trinajstić information content (AvgIpc) is 2.38. The highest BCUT2D eigenvalue weighted by atomic mass is 16.5. The second-order valence-electron chi connectivity index (χ2n) is 4.14. The fourth-order valence-corrected chi connectivity index (χ4v) is 1.87. The first-order valence-electron chi connectivity index (χ1n) is 5.75. The van der Waals surface area contributed by atoms with E-state index in [0.29, 0.717) is 31.9 Å². The van der Waals surface area contributed by atoms with Crippen molar-refractivity contribution in [2.45, 2.75) is 13.0 Å². The number of aromatic nitrogens is 1. The maximum absolute atomic E-state index is 12.2. The minimum absolute atomic E-state index is 0.0459. The molecule has 1 aliphatic rings. The van der Waals surface area contributed by atoms with Crippen LogP contribution in [0.5, 0.6) is 0 Å². The third kappa shape index (κ3) is 2.81. The molecule has 1 atom stereocenters. The van der Waals surface area contributed by atoms with Crippen molar-refractivity contribution in [1.29, 1.82) is 0 Å². The second-order valence-corrected chi connectivity index (χ2v) is 4.14. The molecule has 2 heterocycles. The quantitative estimate of drug-likeness (QED) is 0.794. The van der Waals surface area contributed by atoms with Gasteiger partial charge >= 0.3 is 0 Å². The number of amides is 1. The lowest BCUT2D eigenvalue weighted by atomic mass is 10.2. The zero-order valence-electron chi connectivity index (χ0n) is 9.93. The molecule has 0 radical (unpaired) electrons. The van der Waals surface area contributed by atoms with Gasteiger partial charge in [-0.15, -0.1) is 0 Å². The molecule has 1 amide bonds. The third-order valence-corrected chi connectivity index (χ3v) is 2.80. The Bertz CT molecular complexity index is 408. The molecule has 5 heteroatoms. The van der Waals surface area contributed by atoms with Gasteiger partial charge in [-0.1, -0.05) is 6.07 Å². The molecule has 92 valence electrons. The van der Waals surface area contributed by atoms with E-state index in [1.54, 1.807) is 11.0 Å². The van der Waals surface area contributed by atoms with Gasteiger partial charge in [0.15, 0.2) is 0 Å². The Hall–Kier alpha value is -1.46. The maximum Gasteiger partial charge on any atom is 0.272 e. The Morgan fingerprint density at radius 1 is 1.65 bits per heavy atom. The standard InChI is InChI=1S/C12H17N3O2/c1-9-3-2-4-11(14-9)12(16)15-5-6-17-10(7-13)8-15/h2-4,10H,5-8,13H2,1H3/t10-/m0/s1. The highest BCUT2D eigenvalue weighted by Gasteiger charge is 2.24. The maximum atomic E-state index is 12.2. The Kier molecular flexibility index (Phi) is 3.71. The fraction of sp³-hybridized carbons (Fsp3) is 0.500. The topological polar surface area (TPSA) is 68.5 Å². The number of hydrogen-bond acceptors (Lipinski definition) is 4. The van der Waals surface area contributed by atoms with Crippen molar-refractivity contribution in [3.63, 3.8) is 0 Å². The van der Waals surface area contributed by atoms with E-state index in [1.807, 2.05) is 19.1 Å². The normalized spacial score (nSPS) is 20.4. The molecule has 2 rings (SSSR count). The van der Waals surface area contributed by atoms with Gasteiger partial charge in [-0.05, 0) is 19.1 Å². The van der Waals surface area contributed by atoms with Crippen LogP contribution in [0, 0.1) is 6.92 Å². The van der Waals surface area contributed by atoms with Gasteiger partial charge in [0.05, 0.1) is 12.7 Å². The highest BCUT2D eigenvalue weighted by molar-refractivity contribution is 5.92. The lowest BCUT2D eigenvalue weighted by Gasteiger charge is -2.32. The number of morpholine rings is 1. The van der Waals surface area contributed by atoms with E-state index in [-0.39, 0.29) is 12.0 Å². The van der Waals surface area contributed by atoms with Crippen LogP contribution in [-0.4, -0.2) is 48.1 Å². The molecule has 0 bridgehead atoms. The van der Waals surface area contributed by atoms with Crippen molar-refractivity contribution < 1.29 is 9.53 Å². The molecule has 0 aliphatic carbocycles. The van der Waals surface area contributed by atoms with Crippen molar-refractivity contribution in [3.05, 3.63) is 29.6 Å². The molecule has 1 aromatic heterocycles. The number of aryl methyl sites for hydroxylation is 1. The summed E-state index contributed by atoms with van der Waals surface area (Å²) in [5.74, 6) is -0.0459. The molecule has 1 fully saturated rings. The first kappa shape index (κ1) is 12.0. The van der Waals surface area contributed by atoms with E-state index < -0.39 is 0 Å². The van der Waals surface area contributed by atoms with E-state index in [2.05, 4.69) is 4.98 Å².